The Morgan fingerprint density at radius 3 is 2.74 bits per heavy atom. The van der Waals surface area contributed by atoms with Crippen LogP contribution in [0.5, 0.6) is 5.75 Å². The molecule has 0 spiro atoms. The van der Waals surface area contributed by atoms with E-state index in [1.165, 1.54) is 13.3 Å². The summed E-state index contributed by atoms with van der Waals surface area (Å²) in [7, 11) is -2.22. The largest absolute Gasteiger partial charge is 0.495 e. The van der Waals surface area contributed by atoms with Crippen LogP contribution in [0.15, 0.2) is 28.6 Å². The third-order valence-corrected chi connectivity index (χ3v) is 5.26. The molecule has 19 heavy (non-hydrogen) atoms. The van der Waals surface area contributed by atoms with Gasteiger partial charge in [0.15, 0.2) is 8.68 Å². The fraction of sp³-hybridized carbons (Fsp3) is 0.182. The highest BCUT2D eigenvalue weighted by Gasteiger charge is 2.19. The van der Waals surface area contributed by atoms with Gasteiger partial charge in [0.2, 0.25) is 0 Å². The normalized spacial score (nSPS) is 11.3. The number of thiazole rings is 1. The first kappa shape index (κ1) is 14.1. The third-order valence-electron chi connectivity index (χ3n) is 2.32. The highest BCUT2D eigenvalue weighted by Crippen LogP contribution is 2.30. The van der Waals surface area contributed by atoms with Gasteiger partial charge in [-0.3, -0.25) is 4.72 Å². The lowest BCUT2D eigenvalue weighted by Crippen LogP contribution is -2.12. The lowest BCUT2D eigenvalue weighted by atomic mass is 10.2. The molecule has 0 atom stereocenters. The summed E-state index contributed by atoms with van der Waals surface area (Å²) in [4.78, 5) is 3.72. The molecule has 1 aromatic carbocycles. The number of rotatable bonds is 4. The Kier molecular flexibility index (Phi) is 3.98. The van der Waals surface area contributed by atoms with Crippen molar-refractivity contribution < 1.29 is 13.2 Å². The van der Waals surface area contributed by atoms with Crippen molar-refractivity contribution in [2.24, 2.45) is 0 Å². The SMILES string of the molecule is COc1ccc(C)cc1NS(=O)(=O)c1cnc(Cl)s1. The van der Waals surface area contributed by atoms with E-state index in [0.717, 1.165) is 16.9 Å². The molecule has 1 N–H and O–H groups in total. The number of methoxy groups -OCH3 is 1. The molecule has 2 rings (SSSR count). The summed E-state index contributed by atoms with van der Waals surface area (Å²) in [6, 6.07) is 5.23. The summed E-state index contributed by atoms with van der Waals surface area (Å²) in [5.74, 6) is 0.449. The van der Waals surface area contributed by atoms with Crippen LogP contribution in [0.3, 0.4) is 0 Å². The number of ether oxygens (including phenoxy) is 1. The van der Waals surface area contributed by atoms with Gasteiger partial charge in [-0.05, 0) is 24.6 Å². The van der Waals surface area contributed by atoms with E-state index in [2.05, 4.69) is 9.71 Å². The summed E-state index contributed by atoms with van der Waals surface area (Å²) in [5.41, 5.74) is 1.30. The van der Waals surface area contributed by atoms with Crippen molar-refractivity contribution in [3.8, 4) is 5.75 Å². The van der Waals surface area contributed by atoms with Gasteiger partial charge in [-0.1, -0.05) is 29.0 Å². The molecule has 5 nitrogen and oxygen atoms in total. The Labute approximate surface area is 120 Å². The van der Waals surface area contributed by atoms with Gasteiger partial charge < -0.3 is 4.74 Å². The molecule has 102 valence electrons. The molecule has 2 aromatic rings. The molecule has 0 bridgehead atoms. The monoisotopic (exact) mass is 318 g/mol. The van der Waals surface area contributed by atoms with E-state index in [9.17, 15) is 8.42 Å². The summed E-state index contributed by atoms with van der Waals surface area (Å²) in [6.07, 6.45) is 1.22. The zero-order valence-corrected chi connectivity index (χ0v) is 12.6. The maximum Gasteiger partial charge on any atom is 0.273 e. The van der Waals surface area contributed by atoms with Gasteiger partial charge in [0, 0.05) is 0 Å². The first-order chi connectivity index (χ1) is 8.92. The van der Waals surface area contributed by atoms with E-state index in [4.69, 9.17) is 16.3 Å². The van der Waals surface area contributed by atoms with E-state index in [-0.39, 0.29) is 8.68 Å². The maximum absolute atomic E-state index is 12.1. The second kappa shape index (κ2) is 5.36. The minimum atomic E-state index is -3.70. The molecule has 8 heteroatoms. The molecule has 0 aliphatic heterocycles. The lowest BCUT2D eigenvalue weighted by molar-refractivity contribution is 0.417. The highest BCUT2D eigenvalue weighted by atomic mass is 35.5. The molecule has 1 heterocycles. The molecule has 0 saturated heterocycles. The van der Waals surface area contributed by atoms with Crippen molar-refractivity contribution in [1.82, 2.24) is 4.98 Å². The van der Waals surface area contributed by atoms with Gasteiger partial charge in [0.05, 0.1) is 19.0 Å². The fourth-order valence-corrected chi connectivity index (χ4v) is 3.81. The number of hydrogen-bond donors (Lipinski definition) is 1. The van der Waals surface area contributed by atoms with Crippen LogP contribution in [-0.4, -0.2) is 20.5 Å². The molecular formula is C11H11ClN2O3S2. The Morgan fingerprint density at radius 1 is 1.42 bits per heavy atom. The van der Waals surface area contributed by atoms with Crippen LogP contribution < -0.4 is 9.46 Å². The van der Waals surface area contributed by atoms with E-state index >= 15 is 0 Å². The van der Waals surface area contributed by atoms with Crippen LogP contribution in [0, 0.1) is 6.92 Å². The number of aromatic nitrogens is 1. The average Bonchev–Trinajstić information content (AvgIpc) is 2.76. The number of anilines is 1. The number of nitrogens with one attached hydrogen (secondary N) is 1. The average molecular weight is 319 g/mol. The summed E-state index contributed by atoms with van der Waals surface area (Å²) >= 11 is 6.54. The maximum atomic E-state index is 12.1. The van der Waals surface area contributed by atoms with Gasteiger partial charge in [-0.2, -0.15) is 0 Å². The summed E-state index contributed by atoms with van der Waals surface area (Å²) in [6.45, 7) is 1.86. The van der Waals surface area contributed by atoms with Crippen molar-refractivity contribution >= 4 is 38.6 Å². The van der Waals surface area contributed by atoms with Gasteiger partial charge in [0.25, 0.3) is 10.0 Å². The van der Waals surface area contributed by atoms with Crippen molar-refractivity contribution in [3.63, 3.8) is 0 Å². The Balaban J connectivity index is 2.38. The summed E-state index contributed by atoms with van der Waals surface area (Å²) < 4.78 is 32.1. The number of halogens is 1. The van der Waals surface area contributed by atoms with Crippen LogP contribution in [0.2, 0.25) is 4.47 Å². The van der Waals surface area contributed by atoms with Crippen molar-refractivity contribution in [2.45, 2.75) is 11.1 Å². The zero-order valence-electron chi connectivity index (χ0n) is 10.2. The highest BCUT2D eigenvalue weighted by molar-refractivity contribution is 7.94. The van der Waals surface area contributed by atoms with Crippen LogP contribution >= 0.6 is 22.9 Å². The van der Waals surface area contributed by atoms with E-state index < -0.39 is 10.0 Å². The van der Waals surface area contributed by atoms with Gasteiger partial charge in [-0.25, -0.2) is 13.4 Å². The van der Waals surface area contributed by atoms with Crippen molar-refractivity contribution in [3.05, 3.63) is 34.4 Å². The molecule has 0 aliphatic carbocycles. The topological polar surface area (TPSA) is 68.3 Å². The zero-order chi connectivity index (χ0) is 14.0. The Bertz CT molecular complexity index is 698. The van der Waals surface area contributed by atoms with Gasteiger partial charge in [0.1, 0.15) is 5.75 Å². The molecular weight excluding hydrogens is 308 g/mol. The minimum absolute atomic E-state index is 0.0565. The van der Waals surface area contributed by atoms with Crippen molar-refractivity contribution in [2.75, 3.05) is 11.8 Å². The number of nitrogens with zero attached hydrogens (tertiary/aromatic N) is 1. The van der Waals surface area contributed by atoms with Crippen LogP contribution in [0.1, 0.15) is 5.56 Å². The standard InChI is InChI=1S/C11H11ClN2O3S2/c1-7-3-4-9(17-2)8(5-7)14-19(15,16)10-6-13-11(12)18-10/h3-6,14H,1-2H3. The Hall–Kier alpha value is -1.31. The van der Waals surface area contributed by atoms with E-state index in [1.807, 2.05) is 13.0 Å². The first-order valence-electron chi connectivity index (χ1n) is 5.21. The first-order valence-corrected chi connectivity index (χ1v) is 7.89. The minimum Gasteiger partial charge on any atom is -0.495 e. The predicted molar refractivity (Wildman–Crippen MR) is 75.7 cm³/mol. The number of sulfonamides is 1. The smallest absolute Gasteiger partial charge is 0.273 e. The number of aryl methyl sites for hydroxylation is 1. The summed E-state index contributed by atoms with van der Waals surface area (Å²) in [5, 5.41) is 0. The van der Waals surface area contributed by atoms with Gasteiger partial charge in [-0.15, -0.1) is 0 Å². The quantitative estimate of drug-likeness (QED) is 0.941. The molecule has 0 fully saturated rings. The van der Waals surface area contributed by atoms with Crippen LogP contribution in [0.4, 0.5) is 5.69 Å². The van der Waals surface area contributed by atoms with E-state index in [1.54, 1.807) is 12.1 Å². The second-order valence-corrected chi connectivity index (χ2v) is 7.26. The third kappa shape index (κ3) is 3.17. The van der Waals surface area contributed by atoms with Crippen LogP contribution in [0.25, 0.3) is 0 Å². The number of hydrogen-bond acceptors (Lipinski definition) is 5. The van der Waals surface area contributed by atoms with Crippen LogP contribution in [-0.2, 0) is 10.0 Å². The van der Waals surface area contributed by atoms with Gasteiger partial charge >= 0.3 is 0 Å². The Morgan fingerprint density at radius 2 is 2.16 bits per heavy atom. The molecule has 0 amide bonds. The lowest BCUT2D eigenvalue weighted by Gasteiger charge is -2.11. The number of benzene rings is 1. The van der Waals surface area contributed by atoms with Crippen molar-refractivity contribution in [1.29, 1.82) is 0 Å². The predicted octanol–water partition coefficient (Wildman–Crippen LogP) is 2.91. The molecule has 0 radical (unpaired) electrons. The molecule has 0 unspecified atom stereocenters. The molecule has 0 aliphatic rings. The molecule has 1 aromatic heterocycles. The second-order valence-electron chi connectivity index (χ2n) is 3.74. The molecule has 0 saturated carbocycles. The van der Waals surface area contributed by atoms with E-state index in [0.29, 0.717) is 11.4 Å². The fourth-order valence-electron chi connectivity index (χ4n) is 1.46.